The van der Waals surface area contributed by atoms with E-state index >= 15 is 0 Å². The minimum absolute atomic E-state index is 0.000842. The van der Waals surface area contributed by atoms with Crippen molar-refractivity contribution in [2.45, 2.75) is 19.1 Å². The molecule has 3 rings (SSSR count). The molecule has 0 saturated heterocycles. The molecule has 3 unspecified atom stereocenters. The number of carbonyl (C=O) groups excluding carboxylic acids is 1. The Morgan fingerprint density at radius 3 is 2.15 bits per heavy atom. The minimum atomic E-state index is -1.69. The number of rotatable bonds is 4. The molecule has 138 valence electrons. The Kier molecular flexibility index (Phi) is 4.81. The summed E-state index contributed by atoms with van der Waals surface area (Å²) < 4.78 is 72.6. The van der Waals surface area contributed by atoms with Gasteiger partial charge in [-0.3, -0.25) is 4.79 Å². The molecule has 0 spiro atoms. The third-order valence-electron chi connectivity index (χ3n) is 4.33. The van der Waals surface area contributed by atoms with Crippen LogP contribution in [0.3, 0.4) is 0 Å². The fraction of sp³-hybridized carbons (Fsp3) is 0.278. The highest BCUT2D eigenvalue weighted by atomic mass is 19.2. The summed E-state index contributed by atoms with van der Waals surface area (Å²) in [6.07, 6.45) is -2.93. The van der Waals surface area contributed by atoms with Crippen molar-refractivity contribution >= 4 is 5.78 Å². The highest BCUT2D eigenvalue weighted by molar-refractivity contribution is 6.03. The Morgan fingerprint density at radius 2 is 1.58 bits per heavy atom. The number of fused-ring (bicyclic) bond motifs is 1. The van der Waals surface area contributed by atoms with E-state index in [2.05, 4.69) is 0 Å². The van der Waals surface area contributed by atoms with Crippen molar-refractivity contribution in [3.63, 3.8) is 0 Å². The summed E-state index contributed by atoms with van der Waals surface area (Å²) in [6.45, 7) is 1.54. The Balaban J connectivity index is 2.08. The van der Waals surface area contributed by atoms with E-state index < -0.39 is 53.0 Å². The zero-order valence-electron chi connectivity index (χ0n) is 13.4. The molecule has 8 heteroatoms. The van der Waals surface area contributed by atoms with Crippen LogP contribution in [0.2, 0.25) is 0 Å². The normalized spacial score (nSPS) is 20.3. The van der Waals surface area contributed by atoms with Gasteiger partial charge < -0.3 is 9.84 Å². The van der Waals surface area contributed by atoms with Crippen molar-refractivity contribution in [3.05, 3.63) is 70.0 Å². The zero-order chi connectivity index (χ0) is 19.2. The molecule has 1 aliphatic carbocycles. The first-order chi connectivity index (χ1) is 12.3. The second kappa shape index (κ2) is 6.77. The summed E-state index contributed by atoms with van der Waals surface area (Å²) in [4.78, 5) is 12.6. The largest absolute Gasteiger partial charge is 0.388 e. The van der Waals surface area contributed by atoms with Gasteiger partial charge in [-0.05, 0) is 42.3 Å². The van der Waals surface area contributed by atoms with Crippen LogP contribution in [0.15, 0.2) is 24.3 Å². The minimum Gasteiger partial charge on any atom is -0.388 e. The molecule has 0 aromatic heterocycles. The standard InChI is InChI=1S/C18H13F5O3/c1-2-26-18(7-3-12(21)15(23)13(22)4-7)14-16(24)8-5-10(19)11(20)6-9(8)17(14)25/h3-6,14,16,18,24H,2H2,1H3. The molecule has 2 aromatic carbocycles. The third kappa shape index (κ3) is 2.89. The van der Waals surface area contributed by atoms with Crippen LogP contribution in [-0.2, 0) is 4.74 Å². The van der Waals surface area contributed by atoms with Gasteiger partial charge >= 0.3 is 0 Å². The van der Waals surface area contributed by atoms with Crippen LogP contribution in [0.1, 0.15) is 40.6 Å². The zero-order valence-corrected chi connectivity index (χ0v) is 13.4. The number of carbonyl (C=O) groups is 1. The average Bonchev–Trinajstić information content (AvgIpc) is 2.82. The number of ether oxygens (including phenoxy) is 1. The third-order valence-corrected chi connectivity index (χ3v) is 4.33. The summed E-state index contributed by atoms with van der Waals surface area (Å²) in [7, 11) is 0. The van der Waals surface area contributed by atoms with Crippen LogP contribution in [-0.4, -0.2) is 17.5 Å². The van der Waals surface area contributed by atoms with Gasteiger partial charge in [-0.1, -0.05) is 0 Å². The summed E-state index contributed by atoms with van der Waals surface area (Å²) >= 11 is 0. The van der Waals surface area contributed by atoms with E-state index in [1.165, 1.54) is 0 Å². The highest BCUT2D eigenvalue weighted by Gasteiger charge is 2.45. The molecule has 3 nitrogen and oxygen atoms in total. The van der Waals surface area contributed by atoms with Gasteiger partial charge in [0.2, 0.25) is 0 Å². The first-order valence-corrected chi connectivity index (χ1v) is 7.73. The molecule has 0 heterocycles. The number of ketones is 1. The van der Waals surface area contributed by atoms with Crippen molar-refractivity contribution < 1.29 is 36.6 Å². The number of aliphatic hydroxyl groups excluding tert-OH is 1. The van der Waals surface area contributed by atoms with Crippen LogP contribution < -0.4 is 0 Å². The SMILES string of the molecule is CCOC(c1cc(F)c(F)c(F)c1)C1C(=O)c2cc(F)c(F)cc2C1O. The molecule has 0 bridgehead atoms. The van der Waals surface area contributed by atoms with Gasteiger partial charge in [0.25, 0.3) is 0 Å². The smallest absolute Gasteiger partial charge is 0.194 e. The van der Waals surface area contributed by atoms with Gasteiger partial charge in [0.15, 0.2) is 34.9 Å². The second-order valence-electron chi connectivity index (χ2n) is 5.86. The van der Waals surface area contributed by atoms with Gasteiger partial charge in [-0.15, -0.1) is 0 Å². The van der Waals surface area contributed by atoms with Crippen LogP contribution >= 0.6 is 0 Å². The van der Waals surface area contributed by atoms with E-state index in [1.807, 2.05) is 0 Å². The quantitative estimate of drug-likeness (QED) is 0.652. The van der Waals surface area contributed by atoms with Crippen LogP contribution in [0.4, 0.5) is 22.0 Å². The molecular weight excluding hydrogens is 359 g/mol. The van der Waals surface area contributed by atoms with Gasteiger partial charge in [-0.25, -0.2) is 22.0 Å². The molecule has 2 aromatic rings. The monoisotopic (exact) mass is 372 g/mol. The number of hydrogen-bond acceptors (Lipinski definition) is 3. The van der Waals surface area contributed by atoms with Gasteiger partial charge in [0, 0.05) is 12.2 Å². The lowest BCUT2D eigenvalue weighted by Gasteiger charge is -2.25. The van der Waals surface area contributed by atoms with E-state index in [4.69, 9.17) is 4.74 Å². The molecule has 0 radical (unpaired) electrons. The van der Waals surface area contributed by atoms with Crippen LogP contribution in [0.25, 0.3) is 0 Å². The predicted molar refractivity (Wildman–Crippen MR) is 79.8 cm³/mol. The molecule has 0 aliphatic heterocycles. The molecule has 26 heavy (non-hydrogen) atoms. The summed E-state index contributed by atoms with van der Waals surface area (Å²) in [5.41, 5.74) is -0.602. The van der Waals surface area contributed by atoms with Gasteiger partial charge in [0.1, 0.15) is 0 Å². The summed E-state index contributed by atoms with van der Waals surface area (Å²) in [6, 6.07) is 2.67. The highest BCUT2D eigenvalue weighted by Crippen LogP contribution is 2.45. The maximum atomic E-state index is 13.6. The molecule has 0 amide bonds. The van der Waals surface area contributed by atoms with Crippen LogP contribution in [0, 0.1) is 35.0 Å². The molecule has 1 N–H and O–H groups in total. The lowest BCUT2D eigenvalue weighted by atomic mass is 9.90. The summed E-state index contributed by atoms with van der Waals surface area (Å²) in [5.74, 6) is -9.33. The lowest BCUT2D eigenvalue weighted by Crippen LogP contribution is -2.25. The van der Waals surface area contributed by atoms with E-state index in [0.29, 0.717) is 24.3 Å². The topological polar surface area (TPSA) is 46.5 Å². The van der Waals surface area contributed by atoms with E-state index in [-0.39, 0.29) is 23.3 Å². The van der Waals surface area contributed by atoms with E-state index in [0.717, 1.165) is 0 Å². The van der Waals surface area contributed by atoms with E-state index in [9.17, 15) is 31.9 Å². The second-order valence-corrected chi connectivity index (χ2v) is 5.86. The van der Waals surface area contributed by atoms with Crippen molar-refractivity contribution in [2.75, 3.05) is 6.61 Å². The molecular formula is C18H13F5O3. The van der Waals surface area contributed by atoms with Crippen molar-refractivity contribution in [1.82, 2.24) is 0 Å². The molecule has 0 fully saturated rings. The fourth-order valence-electron chi connectivity index (χ4n) is 3.17. The molecule has 1 aliphatic rings. The van der Waals surface area contributed by atoms with Crippen molar-refractivity contribution in [2.24, 2.45) is 5.92 Å². The van der Waals surface area contributed by atoms with E-state index in [1.54, 1.807) is 6.92 Å². The maximum Gasteiger partial charge on any atom is 0.194 e. The number of Topliss-reactive ketones (excluding diaryl/α,β-unsaturated/α-hetero) is 1. The Labute approximate surface area is 145 Å². The predicted octanol–water partition coefficient (Wildman–Crippen LogP) is 4.01. The van der Waals surface area contributed by atoms with Crippen molar-refractivity contribution in [3.8, 4) is 0 Å². The first kappa shape index (κ1) is 18.5. The summed E-state index contributed by atoms with van der Waals surface area (Å²) in [5, 5.41) is 10.4. The van der Waals surface area contributed by atoms with Crippen molar-refractivity contribution in [1.29, 1.82) is 0 Å². The average molecular weight is 372 g/mol. The fourth-order valence-corrected chi connectivity index (χ4v) is 3.17. The Hall–Kier alpha value is -2.32. The lowest BCUT2D eigenvalue weighted by molar-refractivity contribution is -0.0199. The first-order valence-electron chi connectivity index (χ1n) is 7.73. The van der Waals surface area contributed by atoms with Crippen LogP contribution in [0.5, 0.6) is 0 Å². The number of benzene rings is 2. The Morgan fingerprint density at radius 1 is 1.00 bits per heavy atom. The number of halogens is 5. The molecule has 0 saturated carbocycles. The number of aliphatic hydroxyl groups is 1. The Bertz CT molecular complexity index is 860. The maximum absolute atomic E-state index is 13.6. The van der Waals surface area contributed by atoms with Gasteiger partial charge in [-0.2, -0.15) is 0 Å². The van der Waals surface area contributed by atoms with Gasteiger partial charge in [0.05, 0.1) is 18.1 Å². The number of hydrogen-bond donors (Lipinski definition) is 1. The molecule has 3 atom stereocenters.